The SMILES string of the molecule is COc1ccccc1COc1ccc(Cl)c2cccnc12. The molecule has 0 bridgehead atoms. The smallest absolute Gasteiger partial charge is 0.146 e. The van der Waals surface area contributed by atoms with E-state index in [0.29, 0.717) is 17.4 Å². The van der Waals surface area contributed by atoms with Crippen molar-refractivity contribution >= 4 is 22.5 Å². The number of pyridine rings is 1. The van der Waals surface area contributed by atoms with Gasteiger partial charge in [0.25, 0.3) is 0 Å². The molecule has 0 aliphatic heterocycles. The Morgan fingerprint density at radius 2 is 1.86 bits per heavy atom. The van der Waals surface area contributed by atoms with Gasteiger partial charge in [0.15, 0.2) is 0 Å². The first-order chi connectivity index (χ1) is 10.3. The van der Waals surface area contributed by atoms with Gasteiger partial charge < -0.3 is 9.47 Å². The molecular weight excluding hydrogens is 286 g/mol. The topological polar surface area (TPSA) is 31.4 Å². The van der Waals surface area contributed by atoms with E-state index in [1.807, 2.05) is 48.5 Å². The number of fused-ring (bicyclic) bond motifs is 1. The fraction of sp³-hybridized carbons (Fsp3) is 0.118. The van der Waals surface area contributed by atoms with Gasteiger partial charge in [-0.25, -0.2) is 0 Å². The van der Waals surface area contributed by atoms with Crippen molar-refractivity contribution in [1.29, 1.82) is 0 Å². The van der Waals surface area contributed by atoms with Crippen molar-refractivity contribution in [2.45, 2.75) is 6.61 Å². The molecule has 0 atom stereocenters. The second-order valence-electron chi connectivity index (χ2n) is 4.55. The van der Waals surface area contributed by atoms with E-state index in [-0.39, 0.29) is 0 Å². The highest BCUT2D eigenvalue weighted by Crippen LogP contribution is 2.30. The number of benzene rings is 2. The second kappa shape index (κ2) is 6.02. The maximum absolute atomic E-state index is 6.18. The molecule has 0 saturated heterocycles. The van der Waals surface area contributed by atoms with Crippen molar-refractivity contribution < 1.29 is 9.47 Å². The number of methoxy groups -OCH3 is 1. The summed E-state index contributed by atoms with van der Waals surface area (Å²) in [5.41, 5.74) is 1.75. The molecule has 0 N–H and O–H groups in total. The van der Waals surface area contributed by atoms with E-state index in [0.717, 1.165) is 22.2 Å². The number of para-hydroxylation sites is 1. The van der Waals surface area contributed by atoms with E-state index < -0.39 is 0 Å². The highest BCUT2D eigenvalue weighted by atomic mass is 35.5. The summed E-state index contributed by atoms with van der Waals surface area (Å²) in [6.45, 7) is 0.414. The van der Waals surface area contributed by atoms with E-state index in [1.165, 1.54) is 0 Å². The van der Waals surface area contributed by atoms with Crippen LogP contribution in [-0.2, 0) is 6.61 Å². The van der Waals surface area contributed by atoms with Crippen molar-refractivity contribution in [1.82, 2.24) is 4.98 Å². The monoisotopic (exact) mass is 299 g/mol. The fourth-order valence-corrected chi connectivity index (χ4v) is 2.42. The third-order valence-corrected chi connectivity index (χ3v) is 3.58. The first kappa shape index (κ1) is 13.7. The van der Waals surface area contributed by atoms with Crippen LogP contribution < -0.4 is 9.47 Å². The van der Waals surface area contributed by atoms with Crippen molar-refractivity contribution in [2.24, 2.45) is 0 Å². The van der Waals surface area contributed by atoms with Gasteiger partial charge in [0.05, 0.1) is 12.1 Å². The van der Waals surface area contributed by atoms with Gasteiger partial charge in [-0.1, -0.05) is 29.8 Å². The summed E-state index contributed by atoms with van der Waals surface area (Å²) < 4.78 is 11.2. The first-order valence-electron chi connectivity index (χ1n) is 6.57. The Hall–Kier alpha value is -2.26. The summed E-state index contributed by atoms with van der Waals surface area (Å²) in [5, 5.41) is 1.56. The summed E-state index contributed by atoms with van der Waals surface area (Å²) in [4.78, 5) is 4.36. The van der Waals surface area contributed by atoms with Gasteiger partial charge in [0, 0.05) is 17.1 Å². The Balaban J connectivity index is 1.91. The van der Waals surface area contributed by atoms with Crippen LogP contribution >= 0.6 is 11.6 Å². The van der Waals surface area contributed by atoms with Crippen molar-refractivity contribution in [3.8, 4) is 11.5 Å². The molecule has 0 fully saturated rings. The fourth-order valence-electron chi connectivity index (χ4n) is 2.21. The number of hydrogen-bond acceptors (Lipinski definition) is 3. The van der Waals surface area contributed by atoms with E-state index >= 15 is 0 Å². The highest BCUT2D eigenvalue weighted by molar-refractivity contribution is 6.35. The summed E-state index contributed by atoms with van der Waals surface area (Å²) in [7, 11) is 1.65. The lowest BCUT2D eigenvalue weighted by Crippen LogP contribution is -1.99. The molecule has 4 heteroatoms. The Bertz CT molecular complexity index is 774. The number of rotatable bonds is 4. The van der Waals surface area contributed by atoms with Gasteiger partial charge in [0.2, 0.25) is 0 Å². The molecule has 0 aliphatic carbocycles. The first-order valence-corrected chi connectivity index (χ1v) is 6.95. The van der Waals surface area contributed by atoms with Gasteiger partial charge in [-0.05, 0) is 30.3 Å². The van der Waals surface area contributed by atoms with Crippen LogP contribution in [-0.4, -0.2) is 12.1 Å². The van der Waals surface area contributed by atoms with Gasteiger partial charge in [0.1, 0.15) is 23.6 Å². The quantitative estimate of drug-likeness (QED) is 0.712. The molecule has 0 radical (unpaired) electrons. The van der Waals surface area contributed by atoms with Crippen molar-refractivity contribution in [3.05, 3.63) is 65.3 Å². The minimum Gasteiger partial charge on any atom is -0.496 e. The normalized spacial score (nSPS) is 10.6. The maximum atomic E-state index is 6.18. The van der Waals surface area contributed by atoms with Gasteiger partial charge in [-0.3, -0.25) is 4.98 Å². The molecule has 3 rings (SSSR count). The number of halogens is 1. The molecule has 2 aromatic carbocycles. The Kier molecular flexibility index (Phi) is 3.93. The Labute approximate surface area is 128 Å². The van der Waals surface area contributed by atoms with Crippen LogP contribution in [0.5, 0.6) is 11.5 Å². The van der Waals surface area contributed by atoms with Crippen molar-refractivity contribution in [2.75, 3.05) is 7.11 Å². The van der Waals surface area contributed by atoms with Gasteiger partial charge in [-0.15, -0.1) is 0 Å². The molecule has 0 saturated carbocycles. The van der Waals surface area contributed by atoms with Crippen LogP contribution in [0.15, 0.2) is 54.7 Å². The zero-order valence-corrected chi connectivity index (χ0v) is 12.3. The molecule has 3 aromatic rings. The third-order valence-electron chi connectivity index (χ3n) is 3.26. The van der Waals surface area contributed by atoms with E-state index in [9.17, 15) is 0 Å². The third kappa shape index (κ3) is 2.78. The minimum atomic E-state index is 0.414. The maximum Gasteiger partial charge on any atom is 0.146 e. The van der Waals surface area contributed by atoms with Crippen LogP contribution in [0.25, 0.3) is 10.9 Å². The molecule has 0 aliphatic rings. The zero-order valence-electron chi connectivity index (χ0n) is 11.5. The van der Waals surface area contributed by atoms with Crippen LogP contribution in [0.4, 0.5) is 0 Å². The highest BCUT2D eigenvalue weighted by Gasteiger charge is 2.08. The Morgan fingerprint density at radius 3 is 2.71 bits per heavy atom. The molecule has 0 unspecified atom stereocenters. The van der Waals surface area contributed by atoms with E-state index in [2.05, 4.69) is 4.98 Å². The molecule has 3 nitrogen and oxygen atoms in total. The predicted octanol–water partition coefficient (Wildman–Crippen LogP) is 4.48. The predicted molar refractivity (Wildman–Crippen MR) is 84.1 cm³/mol. The lowest BCUT2D eigenvalue weighted by molar-refractivity contribution is 0.299. The number of aromatic nitrogens is 1. The van der Waals surface area contributed by atoms with Crippen LogP contribution in [0, 0.1) is 0 Å². The standard InChI is InChI=1S/C17H14ClNO2/c1-20-15-7-3-2-5-12(15)11-21-16-9-8-14(18)13-6-4-10-19-17(13)16/h2-10H,11H2,1H3. The summed E-state index contributed by atoms with van der Waals surface area (Å²) in [6, 6.07) is 15.2. The van der Waals surface area contributed by atoms with Gasteiger partial charge >= 0.3 is 0 Å². The van der Waals surface area contributed by atoms with Crippen LogP contribution in [0.2, 0.25) is 5.02 Å². The molecule has 21 heavy (non-hydrogen) atoms. The van der Waals surface area contributed by atoms with Crippen LogP contribution in [0.1, 0.15) is 5.56 Å². The number of nitrogens with zero attached hydrogens (tertiary/aromatic N) is 1. The minimum absolute atomic E-state index is 0.414. The number of hydrogen-bond donors (Lipinski definition) is 0. The molecule has 1 aromatic heterocycles. The summed E-state index contributed by atoms with van der Waals surface area (Å²) in [6.07, 6.45) is 1.73. The number of ether oxygens (including phenoxy) is 2. The average Bonchev–Trinajstić information content (AvgIpc) is 2.55. The van der Waals surface area contributed by atoms with Crippen LogP contribution in [0.3, 0.4) is 0 Å². The largest absolute Gasteiger partial charge is 0.496 e. The zero-order chi connectivity index (χ0) is 14.7. The second-order valence-corrected chi connectivity index (χ2v) is 4.95. The van der Waals surface area contributed by atoms with E-state index in [4.69, 9.17) is 21.1 Å². The molecule has 106 valence electrons. The van der Waals surface area contributed by atoms with Gasteiger partial charge in [-0.2, -0.15) is 0 Å². The molecule has 0 amide bonds. The molecule has 1 heterocycles. The van der Waals surface area contributed by atoms with Crippen molar-refractivity contribution in [3.63, 3.8) is 0 Å². The lowest BCUT2D eigenvalue weighted by atomic mass is 10.2. The summed E-state index contributed by atoms with van der Waals surface area (Å²) >= 11 is 6.18. The summed E-state index contributed by atoms with van der Waals surface area (Å²) in [5.74, 6) is 1.52. The lowest BCUT2D eigenvalue weighted by Gasteiger charge is -2.11. The molecular formula is C17H14ClNO2. The van der Waals surface area contributed by atoms with E-state index in [1.54, 1.807) is 13.3 Å². The average molecular weight is 300 g/mol. The molecule has 0 spiro atoms. The Morgan fingerprint density at radius 1 is 1.00 bits per heavy atom.